The summed E-state index contributed by atoms with van der Waals surface area (Å²) in [5, 5.41) is 9.52. The molecule has 3 unspecified atom stereocenters. The van der Waals surface area contributed by atoms with Crippen LogP contribution in [0, 0.1) is 5.92 Å². The summed E-state index contributed by atoms with van der Waals surface area (Å²) in [6.45, 7) is 4.00. The lowest BCUT2D eigenvalue weighted by Gasteiger charge is -2.30. The molecule has 3 atom stereocenters. The highest BCUT2D eigenvalue weighted by atomic mass is 32.2. The monoisotopic (exact) mass is 234 g/mol. The van der Waals surface area contributed by atoms with E-state index in [9.17, 15) is 13.5 Å². The molecule has 15 heavy (non-hydrogen) atoms. The molecule has 0 aromatic carbocycles. The SMILES string of the molecule is CCCC(C)C(O)C1CCCCS1(=O)=O. The Morgan fingerprint density at radius 2 is 2.07 bits per heavy atom. The van der Waals surface area contributed by atoms with Gasteiger partial charge in [0.1, 0.15) is 0 Å². The van der Waals surface area contributed by atoms with Gasteiger partial charge in [0.2, 0.25) is 0 Å². The fourth-order valence-corrected chi connectivity index (χ4v) is 4.48. The van der Waals surface area contributed by atoms with Crippen molar-refractivity contribution in [1.29, 1.82) is 0 Å². The molecule has 0 aromatic heterocycles. The van der Waals surface area contributed by atoms with Gasteiger partial charge in [-0.25, -0.2) is 8.42 Å². The number of aliphatic hydroxyl groups excluding tert-OH is 1. The molecular formula is C11H22O3S. The second-order valence-corrected chi connectivity index (χ2v) is 7.00. The van der Waals surface area contributed by atoms with Gasteiger partial charge in [0.25, 0.3) is 0 Å². The molecule has 1 saturated heterocycles. The first kappa shape index (κ1) is 13.0. The van der Waals surface area contributed by atoms with E-state index >= 15 is 0 Å². The number of aliphatic hydroxyl groups is 1. The molecule has 1 N–H and O–H groups in total. The summed E-state index contributed by atoms with van der Waals surface area (Å²) < 4.78 is 23.5. The molecule has 1 aliphatic rings. The zero-order valence-corrected chi connectivity index (χ0v) is 10.5. The van der Waals surface area contributed by atoms with Gasteiger partial charge in [0.05, 0.1) is 17.1 Å². The summed E-state index contributed by atoms with van der Waals surface area (Å²) in [7, 11) is -3.04. The van der Waals surface area contributed by atoms with Crippen LogP contribution in [0.15, 0.2) is 0 Å². The van der Waals surface area contributed by atoms with Crippen LogP contribution in [0.4, 0.5) is 0 Å². The Labute approximate surface area is 92.8 Å². The van der Waals surface area contributed by atoms with Crippen LogP contribution in [0.5, 0.6) is 0 Å². The Hall–Kier alpha value is -0.0900. The fraction of sp³-hybridized carbons (Fsp3) is 1.00. The van der Waals surface area contributed by atoms with Gasteiger partial charge >= 0.3 is 0 Å². The van der Waals surface area contributed by atoms with E-state index in [-0.39, 0.29) is 11.7 Å². The van der Waals surface area contributed by atoms with Gasteiger partial charge in [-0.15, -0.1) is 0 Å². The standard InChI is InChI=1S/C11H22O3S/c1-3-6-9(2)11(12)10-7-4-5-8-15(10,13)14/h9-12H,3-8H2,1-2H3. The third kappa shape index (κ3) is 3.18. The lowest BCUT2D eigenvalue weighted by Crippen LogP contribution is -2.41. The minimum absolute atomic E-state index is 0.0906. The van der Waals surface area contributed by atoms with Crippen LogP contribution in [0.25, 0.3) is 0 Å². The average molecular weight is 234 g/mol. The molecule has 1 rings (SSSR count). The number of hydrogen-bond donors (Lipinski definition) is 1. The topological polar surface area (TPSA) is 54.4 Å². The average Bonchev–Trinajstić information content (AvgIpc) is 2.16. The van der Waals surface area contributed by atoms with Crippen molar-refractivity contribution >= 4 is 9.84 Å². The second-order valence-electron chi connectivity index (χ2n) is 4.66. The molecule has 0 spiro atoms. The van der Waals surface area contributed by atoms with E-state index in [0.717, 1.165) is 25.7 Å². The van der Waals surface area contributed by atoms with Gasteiger partial charge < -0.3 is 5.11 Å². The molecule has 1 heterocycles. The minimum atomic E-state index is -3.04. The van der Waals surface area contributed by atoms with Gasteiger partial charge in [0, 0.05) is 0 Å². The molecule has 90 valence electrons. The number of hydrogen-bond acceptors (Lipinski definition) is 3. The zero-order valence-electron chi connectivity index (χ0n) is 9.65. The number of rotatable bonds is 4. The predicted octanol–water partition coefficient (Wildman–Crippen LogP) is 1.75. The molecule has 0 aromatic rings. The quantitative estimate of drug-likeness (QED) is 0.806. The van der Waals surface area contributed by atoms with Crippen LogP contribution in [0.1, 0.15) is 46.0 Å². The van der Waals surface area contributed by atoms with Crippen molar-refractivity contribution in [3.05, 3.63) is 0 Å². The highest BCUT2D eigenvalue weighted by Gasteiger charge is 2.36. The summed E-state index contributed by atoms with van der Waals surface area (Å²) in [6.07, 6.45) is 3.54. The van der Waals surface area contributed by atoms with Gasteiger partial charge in [-0.3, -0.25) is 0 Å². The van der Waals surface area contributed by atoms with Gasteiger partial charge in [-0.1, -0.05) is 26.7 Å². The van der Waals surface area contributed by atoms with Crippen molar-refractivity contribution in [1.82, 2.24) is 0 Å². The Balaban J connectivity index is 2.68. The van der Waals surface area contributed by atoms with Crippen LogP contribution >= 0.6 is 0 Å². The maximum atomic E-state index is 11.8. The van der Waals surface area contributed by atoms with Crippen molar-refractivity contribution in [3.63, 3.8) is 0 Å². The van der Waals surface area contributed by atoms with Crippen LogP contribution in [-0.2, 0) is 9.84 Å². The summed E-state index contributed by atoms with van der Waals surface area (Å²) in [6, 6.07) is 0. The highest BCUT2D eigenvalue weighted by Crippen LogP contribution is 2.27. The van der Waals surface area contributed by atoms with Crippen molar-refractivity contribution in [3.8, 4) is 0 Å². The molecule has 0 radical (unpaired) electrons. The molecule has 0 aliphatic carbocycles. The molecule has 0 saturated carbocycles. The highest BCUT2D eigenvalue weighted by molar-refractivity contribution is 7.92. The summed E-state index contributed by atoms with van der Waals surface area (Å²) in [5.41, 5.74) is 0. The third-order valence-corrected chi connectivity index (χ3v) is 5.63. The van der Waals surface area contributed by atoms with Crippen LogP contribution in [0.2, 0.25) is 0 Å². The molecule has 0 amide bonds. The van der Waals surface area contributed by atoms with E-state index in [4.69, 9.17) is 0 Å². The van der Waals surface area contributed by atoms with Crippen molar-refractivity contribution in [2.24, 2.45) is 5.92 Å². The Morgan fingerprint density at radius 3 is 2.60 bits per heavy atom. The summed E-state index contributed by atoms with van der Waals surface area (Å²) in [4.78, 5) is 0. The zero-order chi connectivity index (χ0) is 11.5. The maximum absolute atomic E-state index is 11.8. The fourth-order valence-electron chi connectivity index (χ4n) is 2.36. The second kappa shape index (κ2) is 5.30. The molecule has 0 bridgehead atoms. The summed E-state index contributed by atoms with van der Waals surface area (Å²) >= 11 is 0. The van der Waals surface area contributed by atoms with Crippen molar-refractivity contribution < 1.29 is 13.5 Å². The Bertz CT molecular complexity index is 284. The van der Waals surface area contributed by atoms with Crippen LogP contribution in [0.3, 0.4) is 0 Å². The number of sulfone groups is 1. The summed E-state index contributed by atoms with van der Waals surface area (Å²) in [5.74, 6) is 0.348. The van der Waals surface area contributed by atoms with E-state index in [0.29, 0.717) is 6.42 Å². The lowest BCUT2D eigenvalue weighted by atomic mass is 9.94. The Morgan fingerprint density at radius 1 is 1.40 bits per heavy atom. The first-order valence-electron chi connectivity index (χ1n) is 5.88. The van der Waals surface area contributed by atoms with Crippen LogP contribution < -0.4 is 0 Å². The van der Waals surface area contributed by atoms with E-state index in [1.165, 1.54) is 0 Å². The van der Waals surface area contributed by atoms with Crippen molar-refractivity contribution in [2.45, 2.75) is 57.3 Å². The molecule has 3 nitrogen and oxygen atoms in total. The van der Waals surface area contributed by atoms with Crippen LogP contribution in [-0.4, -0.2) is 30.6 Å². The van der Waals surface area contributed by atoms with E-state index < -0.39 is 21.2 Å². The van der Waals surface area contributed by atoms with E-state index in [2.05, 4.69) is 6.92 Å². The maximum Gasteiger partial charge on any atom is 0.155 e. The third-order valence-electron chi connectivity index (χ3n) is 3.34. The van der Waals surface area contributed by atoms with Crippen molar-refractivity contribution in [2.75, 3.05) is 5.75 Å². The first-order chi connectivity index (χ1) is 6.99. The van der Waals surface area contributed by atoms with E-state index in [1.54, 1.807) is 0 Å². The minimum Gasteiger partial charge on any atom is -0.391 e. The predicted molar refractivity (Wildman–Crippen MR) is 61.5 cm³/mol. The lowest BCUT2D eigenvalue weighted by molar-refractivity contribution is 0.101. The molecule has 4 heteroatoms. The van der Waals surface area contributed by atoms with E-state index in [1.807, 2.05) is 6.92 Å². The molecule has 1 fully saturated rings. The molecular weight excluding hydrogens is 212 g/mol. The normalized spacial score (nSPS) is 29.7. The van der Waals surface area contributed by atoms with Gasteiger partial charge in [-0.05, 0) is 25.2 Å². The Kier molecular flexibility index (Phi) is 4.59. The van der Waals surface area contributed by atoms with Gasteiger partial charge in [0.15, 0.2) is 9.84 Å². The largest absolute Gasteiger partial charge is 0.391 e. The van der Waals surface area contributed by atoms with Gasteiger partial charge in [-0.2, -0.15) is 0 Å². The molecule has 1 aliphatic heterocycles. The smallest absolute Gasteiger partial charge is 0.155 e. The first-order valence-corrected chi connectivity index (χ1v) is 7.60.